The van der Waals surface area contributed by atoms with Crippen LogP contribution in [0.2, 0.25) is 0 Å². The molecule has 1 aromatic heterocycles. The highest BCUT2D eigenvalue weighted by Gasteiger charge is 2.50. The molecule has 1 spiro atoms. The van der Waals surface area contributed by atoms with E-state index in [4.69, 9.17) is 9.84 Å². The minimum absolute atomic E-state index is 0.0402. The molecule has 1 amide bonds. The maximum Gasteiger partial charge on any atom is 0.410 e. The largest absolute Gasteiger partial charge is 0.445 e. The Labute approximate surface area is 219 Å². The number of ether oxygens (including phenoxy) is 1. The fourth-order valence-electron chi connectivity index (χ4n) is 5.32. The normalized spacial score (nSPS) is 18.7. The monoisotopic (exact) mass is 542 g/mol. The quantitative estimate of drug-likeness (QED) is 0.436. The Morgan fingerprint density at radius 3 is 2.37 bits per heavy atom. The highest BCUT2D eigenvalue weighted by atomic mass is 32.2. The van der Waals surface area contributed by atoms with Gasteiger partial charge in [0.2, 0.25) is 0 Å². The van der Waals surface area contributed by atoms with Crippen molar-refractivity contribution in [3.8, 4) is 0 Å². The van der Waals surface area contributed by atoms with Gasteiger partial charge in [-0.2, -0.15) is 5.10 Å². The van der Waals surface area contributed by atoms with Crippen LogP contribution < -0.4 is 4.31 Å². The molecule has 1 aliphatic carbocycles. The number of alkyl halides is 2. The predicted molar refractivity (Wildman–Crippen MR) is 136 cm³/mol. The van der Waals surface area contributed by atoms with E-state index in [1.54, 1.807) is 4.90 Å². The summed E-state index contributed by atoms with van der Waals surface area (Å²) >= 11 is 0. The number of likely N-dealkylation sites (tertiary alicyclic amines) is 1. The molecule has 3 aromatic rings. The van der Waals surface area contributed by atoms with Crippen LogP contribution in [0.15, 0.2) is 65.6 Å². The van der Waals surface area contributed by atoms with Crippen LogP contribution in [0.4, 0.5) is 19.4 Å². The lowest BCUT2D eigenvalue weighted by Gasteiger charge is -2.39. The summed E-state index contributed by atoms with van der Waals surface area (Å²) in [6, 6.07) is 16.1. The number of hydrogen-bond donors (Lipinski definition) is 0. The van der Waals surface area contributed by atoms with E-state index >= 15 is 0 Å². The first-order valence-electron chi connectivity index (χ1n) is 12.7. The maximum atomic E-state index is 13.7. The Balaban J connectivity index is 1.22. The Hall–Kier alpha value is -3.47. The van der Waals surface area contributed by atoms with E-state index in [2.05, 4.69) is 0 Å². The molecule has 3 aliphatic rings. The average molecular weight is 543 g/mol. The lowest BCUT2D eigenvalue weighted by molar-refractivity contribution is 0.0668. The third kappa shape index (κ3) is 4.42. The number of rotatable bonds is 6. The van der Waals surface area contributed by atoms with Gasteiger partial charge in [-0.3, -0.25) is 0 Å². The molecule has 0 N–H and O–H groups in total. The van der Waals surface area contributed by atoms with Gasteiger partial charge in [-0.1, -0.05) is 42.5 Å². The summed E-state index contributed by atoms with van der Waals surface area (Å²) in [7, 11) is -4.01. The number of anilines is 1. The number of nitrogens with zero attached hydrogens (tertiary/aromatic N) is 4. The van der Waals surface area contributed by atoms with Gasteiger partial charge in [-0.15, -0.1) is 0 Å². The maximum absolute atomic E-state index is 13.7. The number of sulfonamides is 1. The highest BCUT2D eigenvalue weighted by molar-refractivity contribution is 7.92. The molecule has 1 saturated carbocycles. The predicted octanol–water partition coefficient (Wildman–Crippen LogP) is 5.03. The molecule has 3 heterocycles. The average Bonchev–Trinajstić information content (AvgIpc) is 3.62. The molecule has 8 nitrogen and oxygen atoms in total. The zero-order valence-electron chi connectivity index (χ0n) is 20.7. The summed E-state index contributed by atoms with van der Waals surface area (Å²) in [6.07, 6.45) is 0.00242. The second-order valence-electron chi connectivity index (χ2n) is 10.2. The zero-order valence-corrected chi connectivity index (χ0v) is 21.5. The molecule has 6 rings (SSSR count). The first-order chi connectivity index (χ1) is 18.3. The van der Waals surface area contributed by atoms with E-state index in [-0.39, 0.29) is 23.6 Å². The van der Waals surface area contributed by atoms with Crippen LogP contribution in [0, 0.1) is 0 Å². The fourth-order valence-corrected chi connectivity index (χ4v) is 6.84. The summed E-state index contributed by atoms with van der Waals surface area (Å²) in [6.45, 7) is 1.17. The van der Waals surface area contributed by atoms with Crippen LogP contribution in [-0.4, -0.2) is 48.8 Å². The highest BCUT2D eigenvalue weighted by Crippen LogP contribution is 2.47. The second kappa shape index (κ2) is 9.37. The van der Waals surface area contributed by atoms with E-state index in [0.717, 1.165) is 36.2 Å². The van der Waals surface area contributed by atoms with Gasteiger partial charge < -0.3 is 9.64 Å². The lowest BCUT2D eigenvalue weighted by Crippen LogP contribution is -2.50. The van der Waals surface area contributed by atoms with Crippen molar-refractivity contribution in [1.82, 2.24) is 14.7 Å². The molecule has 200 valence electrons. The van der Waals surface area contributed by atoms with Gasteiger partial charge in [-0.05, 0) is 43.4 Å². The van der Waals surface area contributed by atoms with E-state index in [1.165, 1.54) is 16.4 Å². The molecule has 0 unspecified atom stereocenters. The van der Waals surface area contributed by atoms with Crippen LogP contribution in [0.5, 0.6) is 0 Å². The number of hydrogen-bond acceptors (Lipinski definition) is 5. The minimum Gasteiger partial charge on any atom is -0.445 e. The summed E-state index contributed by atoms with van der Waals surface area (Å²) in [5, 5.41) is 4.85. The molecular formula is C27H28F2N4O4S. The van der Waals surface area contributed by atoms with Gasteiger partial charge in [0.1, 0.15) is 12.4 Å². The number of piperidine rings is 1. The first-order valence-corrected chi connectivity index (χ1v) is 14.2. The van der Waals surface area contributed by atoms with Gasteiger partial charge in [0.05, 0.1) is 22.7 Å². The van der Waals surface area contributed by atoms with E-state index in [9.17, 15) is 22.0 Å². The third-order valence-corrected chi connectivity index (χ3v) is 9.49. The van der Waals surface area contributed by atoms with Crippen molar-refractivity contribution >= 4 is 21.9 Å². The Morgan fingerprint density at radius 1 is 1.05 bits per heavy atom. The molecule has 11 heteroatoms. The van der Waals surface area contributed by atoms with Gasteiger partial charge in [0.15, 0.2) is 0 Å². The number of carbonyl (C=O) groups is 1. The van der Waals surface area contributed by atoms with Gasteiger partial charge >= 0.3 is 6.09 Å². The van der Waals surface area contributed by atoms with Crippen molar-refractivity contribution < 1.29 is 26.7 Å². The fraction of sp³-hybridized carbons (Fsp3) is 0.407. The SMILES string of the molecule is O=C(OCc1ccccc1)N1CCC2(CC1)CN(S(=O)(=O)c1ccc(C(F)F)cc1)c1cc(C3CC3)nn12. The van der Waals surface area contributed by atoms with Gasteiger partial charge in [-0.25, -0.2) is 31.0 Å². The number of halogens is 2. The molecule has 2 aromatic carbocycles. The molecule has 38 heavy (non-hydrogen) atoms. The Kier molecular flexibility index (Phi) is 6.13. The van der Waals surface area contributed by atoms with Gasteiger partial charge in [0.25, 0.3) is 16.4 Å². The van der Waals surface area contributed by atoms with Crippen molar-refractivity contribution in [2.24, 2.45) is 0 Å². The Morgan fingerprint density at radius 2 is 1.74 bits per heavy atom. The van der Waals surface area contributed by atoms with E-state index in [0.29, 0.717) is 37.7 Å². The van der Waals surface area contributed by atoms with Crippen molar-refractivity contribution in [1.29, 1.82) is 0 Å². The number of carbonyl (C=O) groups excluding carboxylic acids is 1. The second-order valence-corrected chi connectivity index (χ2v) is 12.1. The molecule has 2 aliphatic heterocycles. The lowest BCUT2D eigenvalue weighted by atomic mass is 9.88. The number of fused-ring (bicyclic) bond motifs is 2. The topological polar surface area (TPSA) is 84.7 Å². The van der Waals surface area contributed by atoms with Crippen molar-refractivity contribution in [3.05, 3.63) is 77.5 Å². The van der Waals surface area contributed by atoms with Gasteiger partial charge in [0, 0.05) is 30.6 Å². The summed E-state index contributed by atoms with van der Waals surface area (Å²) < 4.78 is 62.2. The van der Waals surface area contributed by atoms with Crippen molar-refractivity contribution in [3.63, 3.8) is 0 Å². The van der Waals surface area contributed by atoms with E-state index in [1.807, 2.05) is 41.1 Å². The standard InChI is InChI=1S/C27H28F2N4O4S/c28-25(29)21-8-10-22(11-9-21)38(35,36)32-18-27(33-24(32)16-23(30-33)20-6-7-20)12-14-31(15-13-27)26(34)37-17-19-4-2-1-3-5-19/h1-5,8-11,16,20,25H,6-7,12-15,17-18H2. The molecule has 0 radical (unpaired) electrons. The van der Waals surface area contributed by atoms with Crippen LogP contribution in [0.25, 0.3) is 0 Å². The molecule has 0 atom stereocenters. The Bertz CT molecular complexity index is 1430. The smallest absolute Gasteiger partial charge is 0.410 e. The molecule has 2 fully saturated rings. The van der Waals surface area contributed by atoms with Crippen LogP contribution >= 0.6 is 0 Å². The van der Waals surface area contributed by atoms with Crippen LogP contribution in [-0.2, 0) is 26.9 Å². The molecule has 1 saturated heterocycles. The van der Waals surface area contributed by atoms with Crippen LogP contribution in [0.1, 0.15) is 54.8 Å². The molecular weight excluding hydrogens is 514 g/mol. The zero-order chi connectivity index (χ0) is 26.5. The first kappa shape index (κ1) is 24.8. The number of aromatic nitrogens is 2. The molecule has 0 bridgehead atoms. The van der Waals surface area contributed by atoms with Crippen molar-refractivity contribution in [2.45, 2.75) is 55.1 Å². The summed E-state index contributed by atoms with van der Waals surface area (Å²) in [5.74, 6) is 0.818. The number of benzene rings is 2. The minimum atomic E-state index is -4.01. The summed E-state index contributed by atoms with van der Waals surface area (Å²) in [4.78, 5) is 14.3. The van der Waals surface area contributed by atoms with E-state index < -0.39 is 28.1 Å². The van der Waals surface area contributed by atoms with Crippen LogP contribution in [0.3, 0.4) is 0 Å². The van der Waals surface area contributed by atoms with Crippen molar-refractivity contribution in [2.75, 3.05) is 23.9 Å². The summed E-state index contributed by atoms with van der Waals surface area (Å²) in [5.41, 5.74) is 0.946. The number of amides is 1. The third-order valence-electron chi connectivity index (χ3n) is 7.73.